The molecule has 0 saturated heterocycles. The molecule has 0 spiro atoms. The van der Waals surface area contributed by atoms with E-state index in [2.05, 4.69) is 42.4 Å². The number of carbonyl (C=O) groups is 2. The monoisotopic (exact) mass is 482 g/mol. The Morgan fingerprint density at radius 1 is 1.15 bits per heavy atom. The fraction of sp³-hybridized carbons (Fsp3) is 0.167. The first-order valence-corrected chi connectivity index (χ1v) is 9.06. The largest absolute Gasteiger partial charge is 0.496 e. The quantitative estimate of drug-likeness (QED) is 0.299. The third-order valence-electron chi connectivity index (χ3n) is 3.25. The van der Waals surface area contributed by atoms with E-state index in [0.29, 0.717) is 31.6 Å². The van der Waals surface area contributed by atoms with Gasteiger partial charge in [0.1, 0.15) is 5.75 Å². The van der Waals surface area contributed by atoms with Gasteiger partial charge in [-0.3, -0.25) is 9.59 Å². The van der Waals surface area contributed by atoms with Gasteiger partial charge >= 0.3 is 5.97 Å². The number of nitrogens with zero attached hydrogens (tertiary/aromatic N) is 1. The van der Waals surface area contributed by atoms with Crippen molar-refractivity contribution in [2.75, 3.05) is 7.11 Å². The molecule has 2 aromatic rings. The Kier molecular flexibility index (Phi) is 6.93. The normalized spacial score (nSPS) is 10.7. The van der Waals surface area contributed by atoms with Crippen molar-refractivity contribution in [3.63, 3.8) is 0 Å². The average Bonchev–Trinajstić information content (AvgIpc) is 2.57. The molecule has 0 aliphatic heterocycles. The van der Waals surface area contributed by atoms with E-state index in [1.807, 2.05) is 13.0 Å². The minimum Gasteiger partial charge on any atom is -0.496 e. The van der Waals surface area contributed by atoms with Crippen LogP contribution in [0.1, 0.15) is 28.4 Å². The fourth-order valence-electron chi connectivity index (χ4n) is 2.11. The highest BCUT2D eigenvalue weighted by atomic mass is 79.9. The van der Waals surface area contributed by atoms with Gasteiger partial charge in [-0.25, -0.2) is 5.43 Å². The first kappa shape index (κ1) is 20.1. The predicted molar refractivity (Wildman–Crippen MR) is 106 cm³/mol. The maximum atomic E-state index is 12.3. The summed E-state index contributed by atoms with van der Waals surface area (Å²) in [6, 6.07) is 8.71. The average molecular weight is 484 g/mol. The third-order valence-corrected chi connectivity index (χ3v) is 4.43. The highest BCUT2D eigenvalue weighted by Crippen LogP contribution is 2.34. The standard InChI is InChI=1S/C18H16Br2N2O4/c1-10-4-5-13(16(6-10)25-3)18(24)22-21-9-12-7-14(19)17(15(20)8-12)26-11(2)23/h4-9H,1-3H3,(H,22,24)/b21-9-. The second kappa shape index (κ2) is 8.95. The Morgan fingerprint density at radius 2 is 1.81 bits per heavy atom. The van der Waals surface area contributed by atoms with Crippen LogP contribution in [0.4, 0.5) is 0 Å². The van der Waals surface area contributed by atoms with Crippen LogP contribution in [-0.4, -0.2) is 25.2 Å². The molecule has 0 fully saturated rings. The molecule has 0 atom stereocenters. The molecule has 0 aliphatic carbocycles. The summed E-state index contributed by atoms with van der Waals surface area (Å²) in [5, 5.41) is 3.96. The van der Waals surface area contributed by atoms with E-state index < -0.39 is 5.97 Å². The van der Waals surface area contributed by atoms with Gasteiger partial charge in [-0.15, -0.1) is 0 Å². The lowest BCUT2D eigenvalue weighted by Gasteiger charge is -2.08. The molecule has 26 heavy (non-hydrogen) atoms. The lowest BCUT2D eigenvalue weighted by atomic mass is 10.1. The molecule has 0 radical (unpaired) electrons. The number of hydrogen-bond acceptors (Lipinski definition) is 5. The van der Waals surface area contributed by atoms with Crippen molar-refractivity contribution in [3.8, 4) is 11.5 Å². The van der Waals surface area contributed by atoms with E-state index in [1.54, 1.807) is 24.3 Å². The molecule has 136 valence electrons. The van der Waals surface area contributed by atoms with Gasteiger partial charge in [-0.05, 0) is 74.2 Å². The Balaban J connectivity index is 2.13. The maximum absolute atomic E-state index is 12.3. The zero-order valence-electron chi connectivity index (χ0n) is 14.3. The summed E-state index contributed by atoms with van der Waals surface area (Å²) in [6.45, 7) is 3.24. The third kappa shape index (κ3) is 5.15. The molecule has 0 unspecified atom stereocenters. The topological polar surface area (TPSA) is 77.0 Å². The summed E-state index contributed by atoms with van der Waals surface area (Å²) < 4.78 is 11.5. The van der Waals surface area contributed by atoms with Gasteiger partial charge in [-0.1, -0.05) is 6.07 Å². The highest BCUT2D eigenvalue weighted by molar-refractivity contribution is 9.11. The van der Waals surface area contributed by atoms with Gasteiger partial charge in [0.25, 0.3) is 5.91 Å². The van der Waals surface area contributed by atoms with Gasteiger partial charge in [0, 0.05) is 6.92 Å². The molecule has 0 bridgehead atoms. The summed E-state index contributed by atoms with van der Waals surface area (Å²) in [7, 11) is 1.51. The highest BCUT2D eigenvalue weighted by Gasteiger charge is 2.12. The summed E-state index contributed by atoms with van der Waals surface area (Å²) in [4.78, 5) is 23.4. The van der Waals surface area contributed by atoms with Crippen LogP contribution in [-0.2, 0) is 4.79 Å². The number of hydrazone groups is 1. The van der Waals surface area contributed by atoms with E-state index in [0.717, 1.165) is 5.56 Å². The minimum absolute atomic E-state index is 0.378. The summed E-state index contributed by atoms with van der Waals surface area (Å²) in [6.07, 6.45) is 1.48. The molecular formula is C18H16Br2N2O4. The van der Waals surface area contributed by atoms with Crippen molar-refractivity contribution in [3.05, 3.63) is 56.0 Å². The van der Waals surface area contributed by atoms with Crippen molar-refractivity contribution in [2.45, 2.75) is 13.8 Å². The van der Waals surface area contributed by atoms with E-state index in [9.17, 15) is 9.59 Å². The number of halogens is 2. The lowest BCUT2D eigenvalue weighted by Crippen LogP contribution is -2.18. The molecule has 2 rings (SSSR count). The summed E-state index contributed by atoms with van der Waals surface area (Å²) in [5.41, 5.74) is 4.53. The van der Waals surface area contributed by atoms with Gasteiger partial charge in [-0.2, -0.15) is 5.10 Å². The number of esters is 1. The number of carbonyl (C=O) groups excluding carboxylic acids is 2. The van der Waals surface area contributed by atoms with E-state index in [1.165, 1.54) is 20.2 Å². The van der Waals surface area contributed by atoms with Crippen LogP contribution < -0.4 is 14.9 Å². The second-order valence-corrected chi connectivity index (χ2v) is 7.02. The van der Waals surface area contributed by atoms with Crippen LogP contribution in [0.5, 0.6) is 11.5 Å². The first-order chi connectivity index (χ1) is 12.3. The Hall–Kier alpha value is -2.19. The molecule has 0 aliphatic rings. The van der Waals surface area contributed by atoms with Gasteiger partial charge in [0.05, 0.1) is 27.8 Å². The number of ether oxygens (including phenoxy) is 2. The molecule has 8 heteroatoms. The van der Waals surface area contributed by atoms with Crippen molar-refractivity contribution in [2.24, 2.45) is 5.10 Å². The van der Waals surface area contributed by atoms with Gasteiger partial charge < -0.3 is 9.47 Å². The zero-order valence-corrected chi connectivity index (χ0v) is 17.5. The van der Waals surface area contributed by atoms with Gasteiger partial charge in [0.2, 0.25) is 0 Å². The van der Waals surface area contributed by atoms with Crippen LogP contribution in [0, 0.1) is 6.92 Å². The number of nitrogens with one attached hydrogen (secondary N) is 1. The van der Waals surface area contributed by atoms with Crippen LogP contribution in [0.15, 0.2) is 44.4 Å². The van der Waals surface area contributed by atoms with Crippen molar-refractivity contribution < 1.29 is 19.1 Å². The van der Waals surface area contributed by atoms with Crippen molar-refractivity contribution >= 4 is 50.0 Å². The second-order valence-electron chi connectivity index (χ2n) is 5.31. The Morgan fingerprint density at radius 3 is 2.38 bits per heavy atom. The molecule has 1 amide bonds. The predicted octanol–water partition coefficient (Wildman–Crippen LogP) is 4.22. The van der Waals surface area contributed by atoms with E-state index in [4.69, 9.17) is 9.47 Å². The first-order valence-electron chi connectivity index (χ1n) is 7.47. The number of benzene rings is 2. The molecule has 1 N–H and O–H groups in total. The van der Waals surface area contributed by atoms with Crippen molar-refractivity contribution in [1.29, 1.82) is 0 Å². The number of aryl methyl sites for hydroxylation is 1. The molecular weight excluding hydrogens is 468 g/mol. The minimum atomic E-state index is -0.424. The van der Waals surface area contributed by atoms with Crippen LogP contribution >= 0.6 is 31.9 Å². The van der Waals surface area contributed by atoms with E-state index >= 15 is 0 Å². The Bertz CT molecular complexity index is 858. The van der Waals surface area contributed by atoms with E-state index in [-0.39, 0.29) is 5.91 Å². The zero-order chi connectivity index (χ0) is 19.3. The number of amides is 1. The van der Waals surface area contributed by atoms with Gasteiger partial charge in [0.15, 0.2) is 5.75 Å². The molecule has 0 aromatic heterocycles. The number of hydrogen-bond donors (Lipinski definition) is 1. The molecule has 6 nitrogen and oxygen atoms in total. The fourth-order valence-corrected chi connectivity index (χ4v) is 3.49. The molecule has 2 aromatic carbocycles. The molecule has 0 heterocycles. The SMILES string of the molecule is COc1cc(C)ccc1C(=O)N/N=C\c1cc(Br)c(OC(C)=O)c(Br)c1. The van der Waals surface area contributed by atoms with Crippen molar-refractivity contribution in [1.82, 2.24) is 5.43 Å². The maximum Gasteiger partial charge on any atom is 0.308 e. The lowest BCUT2D eigenvalue weighted by molar-refractivity contribution is -0.131. The molecule has 0 saturated carbocycles. The van der Waals surface area contributed by atoms with Crippen LogP contribution in [0.3, 0.4) is 0 Å². The number of methoxy groups -OCH3 is 1. The smallest absolute Gasteiger partial charge is 0.308 e. The summed E-state index contributed by atoms with van der Waals surface area (Å²) in [5.74, 6) is 0.0527. The van der Waals surface area contributed by atoms with Crippen LogP contribution in [0.2, 0.25) is 0 Å². The number of rotatable bonds is 5. The Labute approximate surface area is 167 Å². The van der Waals surface area contributed by atoms with Crippen LogP contribution in [0.25, 0.3) is 0 Å². The summed E-state index contributed by atoms with van der Waals surface area (Å²) >= 11 is 6.67.